The van der Waals surface area contributed by atoms with Crippen molar-refractivity contribution in [3.8, 4) is 0 Å². The Kier molecular flexibility index (Phi) is 16.5. The molecule has 13 N–H and O–H groups in total. The molecule has 0 saturated carbocycles. The Hall–Kier alpha value is -5.63. The Labute approximate surface area is 266 Å². The van der Waals surface area contributed by atoms with E-state index in [4.69, 9.17) is 21.7 Å². The molecule has 0 spiro atoms. The number of nitrogens with two attached hydrogens (primary N) is 2. The third kappa shape index (κ3) is 15.3. The number of amides is 6. The Bertz CT molecular complexity index is 1330. The van der Waals surface area contributed by atoms with Crippen LogP contribution in [0, 0.1) is 0 Å². The minimum Gasteiger partial charge on any atom is -0.481 e. The van der Waals surface area contributed by atoms with Crippen molar-refractivity contribution in [2.45, 2.75) is 62.3 Å². The summed E-state index contributed by atoms with van der Waals surface area (Å²) >= 11 is 0. The van der Waals surface area contributed by atoms with E-state index in [1.807, 2.05) is 5.32 Å². The Balaban J connectivity index is 2.99. The lowest BCUT2D eigenvalue weighted by molar-refractivity contribution is -0.147. The molecule has 0 heterocycles. The number of aliphatic carboxylic acids is 3. The van der Waals surface area contributed by atoms with Crippen LogP contribution in [0.25, 0.3) is 0 Å². The third-order valence-electron chi connectivity index (χ3n) is 6.21. The molecule has 5 atom stereocenters. The lowest BCUT2D eigenvalue weighted by Crippen LogP contribution is -2.58. The van der Waals surface area contributed by atoms with Gasteiger partial charge in [-0.25, -0.2) is 4.79 Å². The summed E-state index contributed by atoms with van der Waals surface area (Å²) in [6, 6.07) is 0.0478. The molecular formula is C27H37N7O13. The molecule has 1 rings (SSSR count). The highest BCUT2D eigenvalue weighted by Gasteiger charge is 2.32. The van der Waals surface area contributed by atoms with Crippen molar-refractivity contribution in [1.82, 2.24) is 26.6 Å². The van der Waals surface area contributed by atoms with Crippen molar-refractivity contribution < 1.29 is 63.6 Å². The molecule has 0 unspecified atom stereocenters. The molecule has 0 aromatic heterocycles. The summed E-state index contributed by atoms with van der Waals surface area (Å²) in [6.45, 7) is -1.78. The predicted octanol–water partition coefficient (Wildman–Crippen LogP) is -5.10. The number of carboxylic acid groups (broad SMARTS) is 3. The van der Waals surface area contributed by atoms with Crippen LogP contribution in [0.4, 0.5) is 0 Å². The number of rotatable bonds is 21. The van der Waals surface area contributed by atoms with Gasteiger partial charge in [-0.2, -0.15) is 0 Å². The van der Waals surface area contributed by atoms with Crippen LogP contribution in [-0.2, 0) is 49.6 Å². The van der Waals surface area contributed by atoms with Gasteiger partial charge in [0.15, 0.2) is 0 Å². The number of carbonyl (C=O) groups excluding carboxylic acids is 6. The molecule has 0 aliphatic carbocycles. The minimum absolute atomic E-state index is 0.223. The van der Waals surface area contributed by atoms with Gasteiger partial charge < -0.3 is 58.5 Å². The fourth-order valence-electron chi connectivity index (χ4n) is 3.81. The quantitative estimate of drug-likeness (QED) is 0.0584. The van der Waals surface area contributed by atoms with Gasteiger partial charge >= 0.3 is 17.9 Å². The van der Waals surface area contributed by atoms with Crippen LogP contribution in [-0.4, -0.2) is 117 Å². The van der Waals surface area contributed by atoms with Gasteiger partial charge in [0, 0.05) is 12.8 Å². The molecule has 1 aromatic carbocycles. The molecule has 0 radical (unpaired) electrons. The molecule has 20 nitrogen and oxygen atoms in total. The van der Waals surface area contributed by atoms with Crippen LogP contribution in [0.2, 0.25) is 0 Å². The molecule has 47 heavy (non-hydrogen) atoms. The number of hydrogen-bond acceptors (Lipinski definition) is 11. The number of aliphatic hydroxyl groups excluding tert-OH is 1. The largest absolute Gasteiger partial charge is 0.481 e. The number of primary amides is 1. The van der Waals surface area contributed by atoms with Gasteiger partial charge in [0.2, 0.25) is 35.4 Å². The minimum atomic E-state index is -1.85. The summed E-state index contributed by atoms with van der Waals surface area (Å²) in [7, 11) is 0. The van der Waals surface area contributed by atoms with Crippen molar-refractivity contribution in [3.05, 3.63) is 35.9 Å². The average Bonchev–Trinajstić information content (AvgIpc) is 2.99. The number of carboxylic acids is 3. The lowest BCUT2D eigenvalue weighted by Gasteiger charge is -2.24. The second-order valence-corrected chi connectivity index (χ2v) is 10.0. The summed E-state index contributed by atoms with van der Waals surface area (Å²) in [4.78, 5) is 108. The highest BCUT2D eigenvalue weighted by molar-refractivity contribution is 5.97. The first-order chi connectivity index (χ1) is 22.0. The van der Waals surface area contributed by atoms with E-state index in [0.29, 0.717) is 5.56 Å². The fraction of sp³-hybridized carbons (Fsp3) is 0.444. The van der Waals surface area contributed by atoms with Gasteiger partial charge in [0.1, 0.15) is 24.2 Å². The van der Waals surface area contributed by atoms with Crippen LogP contribution in [0.15, 0.2) is 30.3 Å². The Morgan fingerprint density at radius 2 is 1.26 bits per heavy atom. The molecule has 258 valence electrons. The second kappa shape index (κ2) is 19.7. The first-order valence-corrected chi connectivity index (χ1v) is 13.9. The van der Waals surface area contributed by atoms with Gasteiger partial charge in [0.25, 0.3) is 0 Å². The van der Waals surface area contributed by atoms with Crippen LogP contribution in [0.1, 0.15) is 31.2 Å². The summed E-state index contributed by atoms with van der Waals surface area (Å²) in [5.41, 5.74) is 11.3. The molecule has 6 amide bonds. The maximum absolute atomic E-state index is 13.1. The van der Waals surface area contributed by atoms with Gasteiger partial charge in [-0.3, -0.25) is 38.4 Å². The van der Waals surface area contributed by atoms with E-state index in [1.54, 1.807) is 30.3 Å². The number of carbonyl (C=O) groups is 9. The van der Waals surface area contributed by atoms with E-state index in [1.165, 1.54) is 0 Å². The first-order valence-electron chi connectivity index (χ1n) is 13.9. The zero-order valence-corrected chi connectivity index (χ0v) is 24.8. The molecule has 0 aliphatic rings. The number of nitrogens with one attached hydrogen (secondary N) is 5. The lowest BCUT2D eigenvalue weighted by atomic mass is 10.0. The molecule has 20 heteroatoms. The zero-order valence-electron chi connectivity index (χ0n) is 24.8. The molecule has 0 bridgehead atoms. The SMILES string of the molecule is NC(=O)C[C@H](NC(=O)CNC(=O)[C@H](CO)NC(=O)[C@@H](N)CCC(=O)O)C(=O)N[C@@H](Cc1ccccc1)C(=O)N[C@@H](CC(=O)O)C(=O)O. The average molecular weight is 668 g/mol. The first kappa shape index (κ1) is 39.4. The number of aliphatic hydroxyl groups is 1. The summed E-state index contributed by atoms with van der Waals surface area (Å²) in [6.07, 6.45) is -2.68. The Morgan fingerprint density at radius 3 is 1.79 bits per heavy atom. The van der Waals surface area contributed by atoms with Crippen LogP contribution >= 0.6 is 0 Å². The summed E-state index contributed by atoms with van der Waals surface area (Å²) in [5, 5.41) is 47.1. The molecule has 0 fully saturated rings. The van der Waals surface area contributed by atoms with E-state index >= 15 is 0 Å². The summed E-state index contributed by atoms with van der Waals surface area (Å²) < 4.78 is 0. The second-order valence-electron chi connectivity index (χ2n) is 10.0. The van der Waals surface area contributed by atoms with E-state index in [0.717, 1.165) is 0 Å². The number of benzene rings is 1. The van der Waals surface area contributed by atoms with Crippen molar-refractivity contribution in [1.29, 1.82) is 0 Å². The van der Waals surface area contributed by atoms with E-state index in [2.05, 4.69) is 21.3 Å². The highest BCUT2D eigenvalue weighted by atomic mass is 16.4. The molecule has 0 aliphatic heterocycles. The maximum atomic E-state index is 13.1. The molecule has 1 aromatic rings. The van der Waals surface area contributed by atoms with E-state index in [9.17, 15) is 53.4 Å². The topological polar surface area (TPSA) is 347 Å². The van der Waals surface area contributed by atoms with Gasteiger partial charge in [0.05, 0.1) is 32.0 Å². The van der Waals surface area contributed by atoms with Crippen molar-refractivity contribution >= 4 is 53.4 Å². The van der Waals surface area contributed by atoms with Crippen molar-refractivity contribution in [2.24, 2.45) is 11.5 Å². The van der Waals surface area contributed by atoms with E-state index in [-0.39, 0.29) is 12.8 Å². The molecule has 0 saturated heterocycles. The van der Waals surface area contributed by atoms with Gasteiger partial charge in [-0.15, -0.1) is 0 Å². The van der Waals surface area contributed by atoms with Crippen molar-refractivity contribution in [3.63, 3.8) is 0 Å². The van der Waals surface area contributed by atoms with Crippen LogP contribution in [0.3, 0.4) is 0 Å². The van der Waals surface area contributed by atoms with Crippen molar-refractivity contribution in [2.75, 3.05) is 13.2 Å². The maximum Gasteiger partial charge on any atom is 0.326 e. The highest BCUT2D eigenvalue weighted by Crippen LogP contribution is 2.06. The van der Waals surface area contributed by atoms with Crippen LogP contribution < -0.4 is 38.1 Å². The monoisotopic (exact) mass is 667 g/mol. The van der Waals surface area contributed by atoms with Gasteiger partial charge in [-0.05, 0) is 12.0 Å². The van der Waals surface area contributed by atoms with E-state index < -0.39 is 116 Å². The fourth-order valence-corrected chi connectivity index (χ4v) is 3.81. The smallest absolute Gasteiger partial charge is 0.326 e. The normalized spacial score (nSPS) is 13.7. The zero-order chi connectivity index (χ0) is 35.7. The Morgan fingerprint density at radius 1 is 0.681 bits per heavy atom. The van der Waals surface area contributed by atoms with Crippen LogP contribution in [0.5, 0.6) is 0 Å². The van der Waals surface area contributed by atoms with Gasteiger partial charge in [-0.1, -0.05) is 30.3 Å². The summed E-state index contributed by atoms with van der Waals surface area (Å²) in [5.74, 6) is -10.7. The molecular weight excluding hydrogens is 630 g/mol. The standard InChI is InChI=1S/C27H37N7O13/c28-14(6-7-21(38)39)23(42)34-18(12-35)24(43)30-11-20(37)31-16(9-19(29)36)26(45)32-15(8-13-4-2-1-3-5-13)25(44)33-17(27(46)47)10-22(40)41/h1-5,14-18,35H,6-12,28H2,(H2,29,36)(H,30,43)(H,31,37)(H,32,45)(H,33,44)(H,34,42)(H,38,39)(H,40,41)(H,46,47)/t14-,15-,16-,17-,18-/m0/s1. The number of hydrogen-bond donors (Lipinski definition) is 11. The third-order valence-corrected chi connectivity index (χ3v) is 6.21. The predicted molar refractivity (Wildman–Crippen MR) is 157 cm³/mol.